The average Bonchev–Trinajstić information content (AvgIpc) is 2.96. The number of amides is 1. The molecule has 2 aliphatic rings. The van der Waals surface area contributed by atoms with E-state index in [9.17, 15) is 26.4 Å². The SMILES string of the molecule is CC(C)CC(=O)N=C1S[C@H]2CS(=O)(=O)C[C@H]2N1c1cccc(C(F)(F)F)c1. The Balaban J connectivity index is 2.01. The van der Waals surface area contributed by atoms with Crippen molar-refractivity contribution in [1.82, 2.24) is 0 Å². The number of fused-ring (bicyclic) bond motifs is 1. The molecule has 2 aliphatic heterocycles. The van der Waals surface area contributed by atoms with Gasteiger partial charge < -0.3 is 4.90 Å². The van der Waals surface area contributed by atoms with Crippen molar-refractivity contribution in [2.75, 3.05) is 16.4 Å². The number of hydrogen-bond acceptors (Lipinski definition) is 4. The summed E-state index contributed by atoms with van der Waals surface area (Å²) in [6.07, 6.45) is -4.30. The maximum Gasteiger partial charge on any atom is 0.416 e. The first-order chi connectivity index (χ1) is 12.5. The maximum absolute atomic E-state index is 13.1. The molecule has 0 aromatic heterocycles. The van der Waals surface area contributed by atoms with E-state index in [0.717, 1.165) is 23.9 Å². The molecule has 1 aromatic carbocycles. The van der Waals surface area contributed by atoms with Crippen molar-refractivity contribution in [2.45, 2.75) is 37.7 Å². The molecule has 0 aliphatic carbocycles. The van der Waals surface area contributed by atoms with Crippen LogP contribution in [0.3, 0.4) is 0 Å². The van der Waals surface area contributed by atoms with E-state index in [1.54, 1.807) is 0 Å². The van der Waals surface area contributed by atoms with E-state index in [4.69, 9.17) is 0 Å². The number of carbonyl (C=O) groups excluding carboxylic acids is 1. The number of aliphatic imine (C=N–C) groups is 1. The number of benzene rings is 1. The van der Waals surface area contributed by atoms with Gasteiger partial charge in [0.05, 0.1) is 23.1 Å². The second-order valence-electron chi connectivity index (χ2n) is 7.10. The molecule has 0 N–H and O–H groups in total. The molecule has 1 aromatic rings. The largest absolute Gasteiger partial charge is 0.416 e. The highest BCUT2D eigenvalue weighted by Crippen LogP contribution is 2.42. The van der Waals surface area contributed by atoms with E-state index >= 15 is 0 Å². The fourth-order valence-electron chi connectivity index (χ4n) is 3.20. The second-order valence-corrected chi connectivity index (χ2v) is 10.5. The zero-order valence-corrected chi connectivity index (χ0v) is 16.4. The smallest absolute Gasteiger partial charge is 0.316 e. The molecule has 0 bridgehead atoms. The van der Waals surface area contributed by atoms with Crippen molar-refractivity contribution in [3.63, 3.8) is 0 Å². The minimum absolute atomic E-state index is 0.0742. The maximum atomic E-state index is 13.1. The summed E-state index contributed by atoms with van der Waals surface area (Å²) in [5.74, 6) is -0.518. The molecule has 1 amide bonds. The van der Waals surface area contributed by atoms with E-state index in [0.29, 0.717) is 0 Å². The van der Waals surface area contributed by atoms with Crippen LogP contribution in [0.4, 0.5) is 18.9 Å². The lowest BCUT2D eigenvalue weighted by Gasteiger charge is -2.25. The van der Waals surface area contributed by atoms with Crippen LogP contribution in [-0.4, -0.2) is 42.3 Å². The third-order valence-corrected chi connectivity index (χ3v) is 7.53. The van der Waals surface area contributed by atoms with Crippen molar-refractivity contribution >= 4 is 38.4 Å². The lowest BCUT2D eigenvalue weighted by Crippen LogP contribution is -2.37. The Morgan fingerprint density at radius 1 is 1.33 bits per heavy atom. The summed E-state index contributed by atoms with van der Waals surface area (Å²) < 4.78 is 63.3. The number of hydrogen-bond donors (Lipinski definition) is 0. The van der Waals surface area contributed by atoms with E-state index in [1.165, 1.54) is 17.0 Å². The summed E-state index contributed by atoms with van der Waals surface area (Å²) in [5.41, 5.74) is -0.639. The highest BCUT2D eigenvalue weighted by molar-refractivity contribution is 8.16. The van der Waals surface area contributed by atoms with Gasteiger partial charge in [-0.05, 0) is 24.1 Å². The number of sulfone groups is 1. The number of halogens is 3. The van der Waals surface area contributed by atoms with Crippen molar-refractivity contribution in [3.8, 4) is 0 Å². The summed E-state index contributed by atoms with van der Waals surface area (Å²) in [6.45, 7) is 3.73. The van der Waals surface area contributed by atoms with Gasteiger partial charge in [0.2, 0.25) is 5.91 Å². The number of nitrogens with zero attached hydrogens (tertiary/aromatic N) is 2. The summed E-state index contributed by atoms with van der Waals surface area (Å²) in [4.78, 5) is 17.7. The van der Waals surface area contributed by atoms with Crippen LogP contribution in [0.5, 0.6) is 0 Å². The van der Waals surface area contributed by atoms with Gasteiger partial charge in [-0.25, -0.2) is 8.42 Å². The van der Waals surface area contributed by atoms with Crippen molar-refractivity contribution in [1.29, 1.82) is 0 Å². The molecule has 2 atom stereocenters. The van der Waals surface area contributed by atoms with Crippen molar-refractivity contribution in [2.24, 2.45) is 10.9 Å². The monoisotopic (exact) mass is 420 g/mol. The molecule has 0 unspecified atom stereocenters. The van der Waals surface area contributed by atoms with Gasteiger partial charge in [-0.2, -0.15) is 18.2 Å². The van der Waals surface area contributed by atoms with Gasteiger partial charge in [0.1, 0.15) is 0 Å². The Labute approximate surface area is 159 Å². The Morgan fingerprint density at radius 2 is 2.04 bits per heavy atom. The van der Waals surface area contributed by atoms with Crippen LogP contribution in [0, 0.1) is 5.92 Å². The van der Waals surface area contributed by atoms with Gasteiger partial charge in [0.25, 0.3) is 0 Å². The molecule has 0 radical (unpaired) electrons. The number of anilines is 1. The highest BCUT2D eigenvalue weighted by atomic mass is 32.2. The first kappa shape index (κ1) is 20.2. The third kappa shape index (κ3) is 4.48. The first-order valence-corrected chi connectivity index (χ1v) is 11.1. The molecule has 0 saturated carbocycles. The quantitative estimate of drug-likeness (QED) is 0.750. The summed E-state index contributed by atoms with van der Waals surface area (Å²) in [5, 5.41) is -0.0833. The molecular formula is C17H19F3N2O3S2. The number of amidine groups is 1. The fraction of sp³-hybridized carbons (Fsp3) is 0.529. The molecule has 148 valence electrons. The number of alkyl halides is 3. The minimum atomic E-state index is -4.52. The summed E-state index contributed by atoms with van der Waals surface area (Å²) >= 11 is 1.15. The van der Waals surface area contributed by atoms with E-state index in [-0.39, 0.29) is 45.9 Å². The van der Waals surface area contributed by atoms with E-state index < -0.39 is 27.6 Å². The van der Waals surface area contributed by atoms with Gasteiger partial charge in [0, 0.05) is 17.4 Å². The Hall–Kier alpha value is -1.55. The predicted octanol–water partition coefficient (Wildman–Crippen LogP) is 3.35. The van der Waals surface area contributed by atoms with Gasteiger partial charge in [-0.15, -0.1) is 0 Å². The topological polar surface area (TPSA) is 66.8 Å². The number of rotatable bonds is 3. The normalized spacial score (nSPS) is 26.0. The predicted molar refractivity (Wildman–Crippen MR) is 99.6 cm³/mol. The summed E-state index contributed by atoms with van der Waals surface area (Å²) in [6, 6.07) is 4.14. The van der Waals surface area contributed by atoms with Crippen LogP contribution in [0.25, 0.3) is 0 Å². The number of thioether (sulfide) groups is 1. The number of carbonyl (C=O) groups is 1. The average molecular weight is 420 g/mol. The molecule has 0 spiro atoms. The molecule has 2 fully saturated rings. The molecule has 2 saturated heterocycles. The van der Waals surface area contributed by atoms with Crippen LogP contribution < -0.4 is 4.90 Å². The van der Waals surface area contributed by atoms with Crippen LogP contribution in [0.2, 0.25) is 0 Å². The van der Waals surface area contributed by atoms with Crippen LogP contribution in [0.15, 0.2) is 29.3 Å². The first-order valence-electron chi connectivity index (χ1n) is 8.41. The molecule has 27 heavy (non-hydrogen) atoms. The summed E-state index contributed by atoms with van der Waals surface area (Å²) in [7, 11) is -3.28. The van der Waals surface area contributed by atoms with Gasteiger partial charge in [-0.3, -0.25) is 4.79 Å². The zero-order valence-electron chi connectivity index (χ0n) is 14.7. The lowest BCUT2D eigenvalue weighted by atomic mass is 10.1. The fourth-order valence-corrected chi connectivity index (χ4v) is 7.13. The molecule has 3 rings (SSSR count). The van der Waals surface area contributed by atoms with Gasteiger partial charge >= 0.3 is 6.18 Å². The Kier molecular flexibility index (Phi) is 5.33. The van der Waals surface area contributed by atoms with Crippen LogP contribution in [-0.2, 0) is 20.8 Å². The van der Waals surface area contributed by atoms with Crippen molar-refractivity contribution in [3.05, 3.63) is 29.8 Å². The van der Waals surface area contributed by atoms with Crippen LogP contribution >= 0.6 is 11.8 Å². The Morgan fingerprint density at radius 3 is 2.67 bits per heavy atom. The van der Waals surface area contributed by atoms with Crippen molar-refractivity contribution < 1.29 is 26.4 Å². The third-order valence-electron chi connectivity index (χ3n) is 4.32. The molecule has 10 heteroatoms. The van der Waals surface area contributed by atoms with Gasteiger partial charge in [0.15, 0.2) is 15.0 Å². The molecule has 2 heterocycles. The van der Waals surface area contributed by atoms with Crippen LogP contribution in [0.1, 0.15) is 25.8 Å². The van der Waals surface area contributed by atoms with Gasteiger partial charge in [-0.1, -0.05) is 31.7 Å². The lowest BCUT2D eigenvalue weighted by molar-refractivity contribution is -0.137. The van der Waals surface area contributed by atoms with E-state index in [1.807, 2.05) is 13.8 Å². The van der Waals surface area contributed by atoms with E-state index in [2.05, 4.69) is 4.99 Å². The Bertz CT molecular complexity index is 882. The molecular weight excluding hydrogens is 401 g/mol. The second kappa shape index (κ2) is 7.12. The zero-order chi connectivity index (χ0) is 20.0. The highest BCUT2D eigenvalue weighted by Gasteiger charge is 2.49. The molecule has 5 nitrogen and oxygen atoms in total. The minimum Gasteiger partial charge on any atom is -0.316 e. The standard InChI is InChI=1S/C17H19F3N2O3S2/c1-10(2)6-15(23)21-16-22(13-8-27(24,25)9-14(13)26-16)12-5-3-4-11(7-12)17(18,19)20/h3-5,7,10,13-14H,6,8-9H2,1-2H3/t13-,14+/m1/s1.